The van der Waals surface area contributed by atoms with Gasteiger partial charge >= 0.3 is 0 Å². The molecule has 0 aromatic heterocycles. The van der Waals surface area contributed by atoms with E-state index in [-0.39, 0.29) is 24.9 Å². The lowest BCUT2D eigenvalue weighted by atomic mass is 10.0. The van der Waals surface area contributed by atoms with E-state index < -0.39 is 5.92 Å². The molecule has 1 nitrogen and oxygen atoms in total. The predicted molar refractivity (Wildman–Crippen MR) is 67.6 cm³/mol. The number of hydrogen-bond acceptors (Lipinski definition) is 2. The molecule has 2 aliphatic rings. The lowest BCUT2D eigenvalue weighted by Crippen LogP contribution is -2.17. The summed E-state index contributed by atoms with van der Waals surface area (Å²) < 4.78 is 26.0. The van der Waals surface area contributed by atoms with Crippen molar-refractivity contribution in [2.45, 2.75) is 68.6 Å². The number of halogens is 2. The molecule has 2 unspecified atom stereocenters. The summed E-state index contributed by atoms with van der Waals surface area (Å²) in [5, 5.41) is 10.6. The van der Waals surface area contributed by atoms with Gasteiger partial charge in [0.25, 0.3) is 0 Å². The minimum atomic E-state index is -2.47. The molecule has 2 atom stereocenters. The van der Waals surface area contributed by atoms with Crippen LogP contribution in [0.25, 0.3) is 0 Å². The van der Waals surface area contributed by atoms with E-state index in [4.69, 9.17) is 0 Å². The molecule has 0 radical (unpaired) electrons. The van der Waals surface area contributed by atoms with Crippen molar-refractivity contribution in [3.8, 4) is 0 Å². The van der Waals surface area contributed by atoms with Gasteiger partial charge in [0, 0.05) is 23.8 Å². The third kappa shape index (κ3) is 4.40. The Labute approximate surface area is 106 Å². The Kier molecular flexibility index (Phi) is 4.70. The van der Waals surface area contributed by atoms with Gasteiger partial charge in [-0.3, -0.25) is 0 Å². The first-order chi connectivity index (χ1) is 8.05. The molecule has 0 bridgehead atoms. The summed E-state index contributed by atoms with van der Waals surface area (Å²) in [7, 11) is 0. The van der Waals surface area contributed by atoms with Crippen LogP contribution in [0.5, 0.6) is 0 Å². The molecule has 0 heterocycles. The zero-order valence-electron chi connectivity index (χ0n) is 10.2. The van der Waals surface area contributed by atoms with E-state index in [1.54, 1.807) is 0 Å². The number of aliphatic hydroxyl groups is 1. The fraction of sp³-hybridized carbons (Fsp3) is 1.00. The molecule has 0 amide bonds. The van der Waals surface area contributed by atoms with Crippen molar-refractivity contribution in [1.82, 2.24) is 0 Å². The van der Waals surface area contributed by atoms with Gasteiger partial charge in [-0.1, -0.05) is 12.8 Å². The molecule has 0 aromatic carbocycles. The fourth-order valence-corrected chi connectivity index (χ4v) is 4.30. The van der Waals surface area contributed by atoms with Crippen LogP contribution in [0.2, 0.25) is 0 Å². The zero-order chi connectivity index (χ0) is 12.3. The van der Waals surface area contributed by atoms with Gasteiger partial charge in [0.15, 0.2) is 0 Å². The van der Waals surface area contributed by atoms with Crippen LogP contribution in [-0.2, 0) is 0 Å². The number of hydrogen-bond donors (Lipinski definition) is 1. The number of rotatable bonds is 5. The second kappa shape index (κ2) is 5.87. The van der Waals surface area contributed by atoms with Gasteiger partial charge in [-0.15, -0.1) is 0 Å². The summed E-state index contributed by atoms with van der Waals surface area (Å²) in [4.78, 5) is 0. The maximum absolute atomic E-state index is 13.0. The number of alkyl halides is 2. The Morgan fingerprint density at radius 1 is 1.24 bits per heavy atom. The normalized spacial score (nSPS) is 30.9. The van der Waals surface area contributed by atoms with Gasteiger partial charge in [-0.25, -0.2) is 8.78 Å². The maximum atomic E-state index is 13.0. The summed E-state index contributed by atoms with van der Waals surface area (Å²) in [5.41, 5.74) is 0. The van der Waals surface area contributed by atoms with Crippen molar-refractivity contribution in [2.75, 3.05) is 5.75 Å². The minimum Gasteiger partial charge on any atom is -0.392 e. The van der Waals surface area contributed by atoms with Crippen LogP contribution in [0.15, 0.2) is 0 Å². The van der Waals surface area contributed by atoms with Crippen molar-refractivity contribution >= 4 is 11.8 Å². The minimum absolute atomic E-state index is 0.0140. The topological polar surface area (TPSA) is 20.2 Å². The third-order valence-electron chi connectivity index (χ3n) is 3.94. The smallest absolute Gasteiger partial charge is 0.248 e. The first-order valence-corrected chi connectivity index (χ1v) is 7.77. The van der Waals surface area contributed by atoms with E-state index >= 15 is 0 Å². The van der Waals surface area contributed by atoms with Gasteiger partial charge in [-0.05, 0) is 31.6 Å². The third-order valence-corrected chi connectivity index (χ3v) is 5.46. The highest BCUT2D eigenvalue weighted by molar-refractivity contribution is 7.99. The highest BCUT2D eigenvalue weighted by atomic mass is 32.2. The van der Waals surface area contributed by atoms with Crippen LogP contribution >= 0.6 is 11.8 Å². The average Bonchev–Trinajstić information content (AvgIpc) is 2.85. The average molecular weight is 264 g/mol. The van der Waals surface area contributed by atoms with Crippen LogP contribution < -0.4 is 0 Å². The quantitative estimate of drug-likeness (QED) is 0.814. The van der Waals surface area contributed by atoms with Crippen molar-refractivity contribution in [3.63, 3.8) is 0 Å². The lowest BCUT2D eigenvalue weighted by molar-refractivity contribution is 0.00305. The fourth-order valence-electron chi connectivity index (χ4n) is 3.00. The highest BCUT2D eigenvalue weighted by Crippen LogP contribution is 2.41. The van der Waals surface area contributed by atoms with E-state index in [0.29, 0.717) is 18.1 Å². The van der Waals surface area contributed by atoms with Crippen molar-refractivity contribution in [2.24, 2.45) is 5.92 Å². The molecular formula is C13H22F2OS. The SMILES string of the molecule is OC(CSC1CCCC1)CC1CCC(F)(F)C1. The zero-order valence-corrected chi connectivity index (χ0v) is 11.0. The first kappa shape index (κ1) is 13.6. The van der Waals surface area contributed by atoms with Crippen molar-refractivity contribution in [1.29, 1.82) is 0 Å². The second-order valence-electron chi connectivity index (χ2n) is 5.59. The largest absolute Gasteiger partial charge is 0.392 e. The Morgan fingerprint density at radius 2 is 1.94 bits per heavy atom. The van der Waals surface area contributed by atoms with Crippen LogP contribution in [0.1, 0.15) is 51.4 Å². The van der Waals surface area contributed by atoms with E-state index in [1.165, 1.54) is 25.7 Å². The molecule has 17 heavy (non-hydrogen) atoms. The molecule has 100 valence electrons. The number of aliphatic hydroxyl groups excluding tert-OH is 1. The second-order valence-corrected chi connectivity index (χ2v) is 6.93. The van der Waals surface area contributed by atoms with Crippen molar-refractivity contribution < 1.29 is 13.9 Å². The van der Waals surface area contributed by atoms with Gasteiger partial charge in [0.2, 0.25) is 5.92 Å². The Hall–Kier alpha value is 0.170. The molecule has 0 aromatic rings. The molecule has 1 N–H and O–H groups in total. The van der Waals surface area contributed by atoms with Crippen LogP contribution in [0, 0.1) is 5.92 Å². The van der Waals surface area contributed by atoms with Crippen LogP contribution in [0.3, 0.4) is 0 Å². The summed E-state index contributed by atoms with van der Waals surface area (Å²) in [6.45, 7) is 0. The molecule has 2 fully saturated rings. The monoisotopic (exact) mass is 264 g/mol. The van der Waals surface area contributed by atoms with Gasteiger partial charge in [0.05, 0.1) is 6.10 Å². The van der Waals surface area contributed by atoms with Crippen LogP contribution in [-0.4, -0.2) is 28.1 Å². The summed E-state index contributed by atoms with van der Waals surface area (Å²) in [6.07, 6.45) is 5.90. The van der Waals surface area contributed by atoms with E-state index in [1.807, 2.05) is 11.8 Å². The standard InChI is InChI=1S/C13H22F2OS/c14-13(15)6-5-10(8-13)7-11(16)9-17-12-3-1-2-4-12/h10-12,16H,1-9H2. The molecule has 2 saturated carbocycles. The Balaban J connectivity index is 1.62. The van der Waals surface area contributed by atoms with Crippen LogP contribution in [0.4, 0.5) is 8.78 Å². The van der Waals surface area contributed by atoms with E-state index in [2.05, 4.69) is 0 Å². The maximum Gasteiger partial charge on any atom is 0.248 e. The number of thioether (sulfide) groups is 1. The first-order valence-electron chi connectivity index (χ1n) is 6.73. The molecule has 0 spiro atoms. The van der Waals surface area contributed by atoms with Gasteiger partial charge < -0.3 is 5.11 Å². The highest BCUT2D eigenvalue weighted by Gasteiger charge is 2.39. The lowest BCUT2D eigenvalue weighted by Gasteiger charge is -2.17. The van der Waals surface area contributed by atoms with Gasteiger partial charge in [0.1, 0.15) is 0 Å². The van der Waals surface area contributed by atoms with E-state index in [0.717, 1.165) is 5.75 Å². The summed E-state index contributed by atoms with van der Waals surface area (Å²) in [6, 6.07) is 0. The Morgan fingerprint density at radius 3 is 2.53 bits per heavy atom. The molecule has 2 rings (SSSR count). The van der Waals surface area contributed by atoms with E-state index in [9.17, 15) is 13.9 Å². The van der Waals surface area contributed by atoms with Crippen molar-refractivity contribution in [3.05, 3.63) is 0 Å². The molecule has 4 heteroatoms. The predicted octanol–water partition coefficient (Wildman–Crippen LogP) is 3.85. The summed E-state index contributed by atoms with van der Waals surface area (Å²) >= 11 is 1.84. The summed E-state index contributed by atoms with van der Waals surface area (Å²) in [5.74, 6) is -1.71. The molecule has 0 aliphatic heterocycles. The molecular weight excluding hydrogens is 242 g/mol. The van der Waals surface area contributed by atoms with Gasteiger partial charge in [-0.2, -0.15) is 11.8 Å². The Bertz CT molecular complexity index is 242. The molecule has 2 aliphatic carbocycles. The molecule has 0 saturated heterocycles.